The Morgan fingerprint density at radius 1 is 1.09 bits per heavy atom. The molecule has 7 nitrogen and oxygen atoms in total. The van der Waals surface area contributed by atoms with Crippen LogP contribution in [0.2, 0.25) is 0 Å². The summed E-state index contributed by atoms with van der Waals surface area (Å²) in [7, 11) is -5.39. The van der Waals surface area contributed by atoms with Crippen molar-refractivity contribution in [1.82, 2.24) is 0 Å². The van der Waals surface area contributed by atoms with Crippen molar-refractivity contribution in [3.05, 3.63) is 0 Å². The molecule has 2 radical (unpaired) electrons. The first-order valence-electron chi connectivity index (χ1n) is 1.34. The van der Waals surface area contributed by atoms with Crippen LogP contribution in [0, 0.1) is 0 Å². The molecule has 0 spiro atoms. The van der Waals surface area contributed by atoms with Crippen LogP contribution in [0.25, 0.3) is 0 Å². The van der Waals surface area contributed by atoms with Gasteiger partial charge in [-0.1, -0.05) is 0 Å². The Labute approximate surface area is 82.6 Å². The van der Waals surface area contributed by atoms with Crippen LogP contribution < -0.4 is 24.9 Å². The first-order chi connectivity index (χ1) is 3.73. The Hall–Kier alpha value is 0.419. The molecule has 10 heteroatoms. The third-order valence-electron chi connectivity index (χ3n) is 0. The van der Waals surface area contributed by atoms with Gasteiger partial charge in [-0.3, -0.25) is 0 Å². The van der Waals surface area contributed by atoms with Gasteiger partial charge in [0.05, 0.1) is 0 Å². The van der Waals surface area contributed by atoms with Gasteiger partial charge in [0.1, 0.15) is 0 Å². The van der Waals surface area contributed by atoms with Crippen LogP contribution in [-0.4, -0.2) is 6.16 Å². The molecule has 0 aromatic carbocycles. The van der Waals surface area contributed by atoms with Gasteiger partial charge >= 0.3 is 34.1 Å². The molecule has 0 aromatic rings. The fraction of sp³-hybridized carbons (Fsp3) is 0. The average molecular weight is 266 g/mol. The normalized spacial score (nSPS) is 7.55. The molecule has 0 fully saturated rings. The van der Waals surface area contributed by atoms with Gasteiger partial charge in [0, 0.05) is 0 Å². The summed E-state index contributed by atoms with van der Waals surface area (Å²) in [5.74, 6) is 0. The molecule has 0 bridgehead atoms. The topological polar surface area (TPSA) is 149 Å². The largest absolute Gasteiger partial charge is 3.00 e. The molecular formula is CFeMnO7P. The van der Waals surface area contributed by atoms with Gasteiger partial charge in [-0.25, -0.2) is 0 Å². The van der Waals surface area contributed by atoms with Gasteiger partial charge in [0.2, 0.25) is 0 Å². The minimum absolute atomic E-state index is 0. The van der Waals surface area contributed by atoms with Crippen molar-refractivity contribution >= 4 is 14.0 Å². The van der Waals surface area contributed by atoms with E-state index in [0.717, 1.165) is 0 Å². The fourth-order valence-corrected chi connectivity index (χ4v) is 0. The molecular weight excluding hydrogens is 266 g/mol. The fourth-order valence-electron chi connectivity index (χ4n) is 0. The molecule has 0 unspecified atom stereocenters. The van der Waals surface area contributed by atoms with Gasteiger partial charge in [0.25, 0.3) is 0 Å². The van der Waals surface area contributed by atoms with Crippen molar-refractivity contribution < 1.29 is 68.4 Å². The van der Waals surface area contributed by atoms with Crippen molar-refractivity contribution in [2.75, 3.05) is 0 Å². The number of rotatable bonds is 0. The Morgan fingerprint density at radius 2 is 1.09 bits per heavy atom. The summed E-state index contributed by atoms with van der Waals surface area (Å²) in [6, 6.07) is 0. The number of carbonyl (C=O) groups is 1. The maximum atomic E-state index is 8.55. The second kappa shape index (κ2) is 10.4. The average Bonchev–Trinajstić information content (AvgIpc) is 1.19. The quantitative estimate of drug-likeness (QED) is 0.313. The van der Waals surface area contributed by atoms with Crippen LogP contribution in [0.15, 0.2) is 0 Å². The first-order valence-corrected chi connectivity index (χ1v) is 2.80. The number of hydrogen-bond donors (Lipinski definition) is 0. The van der Waals surface area contributed by atoms with Gasteiger partial charge in [-0.15, -0.1) is 0 Å². The van der Waals surface area contributed by atoms with Gasteiger partial charge in [-0.2, -0.15) is 7.82 Å². The van der Waals surface area contributed by atoms with Crippen molar-refractivity contribution in [2.45, 2.75) is 0 Å². The van der Waals surface area contributed by atoms with E-state index in [1.54, 1.807) is 0 Å². The summed E-state index contributed by atoms with van der Waals surface area (Å²) in [5.41, 5.74) is 0. The van der Waals surface area contributed by atoms with E-state index >= 15 is 0 Å². The zero-order valence-electron chi connectivity index (χ0n) is 4.54. The standard InChI is InChI=1S/CH2O3.Fe.Mn.H3O4P/c2-1(3)4;;;1-5(2,3)4/h(H2,2,3,4);;;(H3,1,2,3,4)/q;+3;+2;/p-5. The van der Waals surface area contributed by atoms with Crippen molar-refractivity contribution in [2.24, 2.45) is 0 Å². The maximum Gasteiger partial charge on any atom is 3.00 e. The van der Waals surface area contributed by atoms with E-state index in [-0.39, 0.29) is 34.1 Å². The van der Waals surface area contributed by atoms with E-state index in [9.17, 15) is 0 Å². The predicted octanol–water partition coefficient (Wildman–Crippen LogP) is -5.28. The Bertz CT molecular complexity index is 118. The Morgan fingerprint density at radius 3 is 1.09 bits per heavy atom. The minimum Gasteiger partial charge on any atom is -0.822 e. The third-order valence-corrected chi connectivity index (χ3v) is 0. The first kappa shape index (κ1) is 22.5. The van der Waals surface area contributed by atoms with Gasteiger partial charge < -0.3 is 34.3 Å². The molecule has 0 aliphatic carbocycles. The molecule has 0 aliphatic heterocycles. The minimum atomic E-state index is -5.39. The van der Waals surface area contributed by atoms with E-state index in [2.05, 4.69) is 0 Å². The van der Waals surface area contributed by atoms with E-state index in [1.807, 2.05) is 0 Å². The molecule has 0 rings (SSSR count). The van der Waals surface area contributed by atoms with E-state index in [4.69, 9.17) is 34.3 Å². The second-order valence-corrected chi connectivity index (χ2v) is 1.59. The molecule has 66 valence electrons. The van der Waals surface area contributed by atoms with Crippen molar-refractivity contribution in [3.63, 3.8) is 0 Å². The van der Waals surface area contributed by atoms with E-state index < -0.39 is 14.0 Å². The van der Waals surface area contributed by atoms with Crippen LogP contribution in [0.1, 0.15) is 0 Å². The Kier molecular flexibility index (Phi) is 21.3. The zero-order chi connectivity index (χ0) is 8.08. The molecule has 0 N–H and O–H groups in total. The zero-order valence-corrected chi connectivity index (χ0v) is 7.72. The molecule has 0 amide bonds. The number of phosphoric acid groups is 1. The van der Waals surface area contributed by atoms with Gasteiger partial charge in [-0.05, 0) is 6.16 Å². The summed E-state index contributed by atoms with van der Waals surface area (Å²) < 4.78 is 8.55. The molecule has 0 aliphatic rings. The number of carboxylic acid groups (broad SMARTS) is 2. The van der Waals surface area contributed by atoms with E-state index in [1.165, 1.54) is 0 Å². The monoisotopic (exact) mass is 266 g/mol. The summed E-state index contributed by atoms with van der Waals surface area (Å²) in [6.45, 7) is 0. The van der Waals surface area contributed by atoms with E-state index in [0.29, 0.717) is 0 Å². The molecule has 0 atom stereocenters. The SMILES string of the molecule is O=C([O-])[O-].O=P([O-])([O-])[O-].[Fe+3].[Mn+2]. The summed E-state index contributed by atoms with van der Waals surface area (Å²) >= 11 is 0. The van der Waals surface area contributed by atoms with Crippen LogP contribution >= 0.6 is 7.82 Å². The van der Waals surface area contributed by atoms with Crippen molar-refractivity contribution in [3.8, 4) is 0 Å². The number of hydrogen-bond acceptors (Lipinski definition) is 7. The third kappa shape index (κ3) is 4210. The summed E-state index contributed by atoms with van der Waals surface area (Å²) in [6.07, 6.45) is -2.33. The maximum absolute atomic E-state index is 8.55. The van der Waals surface area contributed by atoms with Crippen LogP contribution in [0.4, 0.5) is 4.79 Å². The van der Waals surface area contributed by atoms with Crippen LogP contribution in [-0.2, 0) is 38.7 Å². The Balaban J connectivity index is -0.0000000383. The summed E-state index contributed by atoms with van der Waals surface area (Å²) in [5, 5.41) is 16.7. The second-order valence-electron chi connectivity index (χ2n) is 0.697. The van der Waals surface area contributed by atoms with Crippen LogP contribution in [0.5, 0.6) is 0 Å². The number of carbonyl (C=O) groups excluding carboxylic acids is 1. The predicted molar refractivity (Wildman–Crippen MR) is 13.0 cm³/mol. The van der Waals surface area contributed by atoms with Crippen LogP contribution in [0.3, 0.4) is 0 Å². The molecule has 0 saturated heterocycles. The molecule has 0 heterocycles. The van der Waals surface area contributed by atoms with Gasteiger partial charge in [0.15, 0.2) is 0 Å². The smallest absolute Gasteiger partial charge is 0.822 e. The molecule has 11 heavy (non-hydrogen) atoms. The van der Waals surface area contributed by atoms with Crippen molar-refractivity contribution in [1.29, 1.82) is 0 Å². The molecule has 0 aromatic heterocycles. The molecule has 0 saturated carbocycles. The summed E-state index contributed by atoms with van der Waals surface area (Å²) in [4.78, 5) is 34.0.